The van der Waals surface area contributed by atoms with Crippen molar-refractivity contribution in [3.63, 3.8) is 0 Å². The highest BCUT2D eigenvalue weighted by Crippen LogP contribution is 2.53. The minimum absolute atomic E-state index is 0.382. The Labute approximate surface area is 127 Å². The third-order valence-electron chi connectivity index (χ3n) is 3.88. The lowest BCUT2D eigenvalue weighted by atomic mass is 10.1. The molecule has 0 radical (unpaired) electrons. The fourth-order valence-corrected chi connectivity index (χ4v) is 2.82. The van der Waals surface area contributed by atoms with Gasteiger partial charge in [0.15, 0.2) is 0 Å². The molecule has 3 aromatic heterocycles. The number of fused-ring (bicyclic) bond motifs is 1. The van der Waals surface area contributed by atoms with Gasteiger partial charge in [0.2, 0.25) is 0 Å². The zero-order valence-corrected chi connectivity index (χ0v) is 12.2. The first kappa shape index (κ1) is 12.7. The SMILES string of the molecule is Cc1ccnc([C@H]2C[C@@H]2c2ccc3cnc(Cl)cc3n2)n1. The second-order valence-electron chi connectivity index (χ2n) is 5.44. The lowest BCUT2D eigenvalue weighted by molar-refractivity contribution is 0.867. The fraction of sp³-hybridized carbons (Fsp3) is 0.250. The summed E-state index contributed by atoms with van der Waals surface area (Å²) in [5, 5.41) is 1.48. The molecule has 0 spiro atoms. The van der Waals surface area contributed by atoms with E-state index >= 15 is 0 Å². The van der Waals surface area contributed by atoms with Crippen LogP contribution < -0.4 is 0 Å². The van der Waals surface area contributed by atoms with Crippen molar-refractivity contribution in [1.82, 2.24) is 19.9 Å². The van der Waals surface area contributed by atoms with Crippen LogP contribution in [0.15, 0.2) is 36.7 Å². The van der Waals surface area contributed by atoms with E-state index in [2.05, 4.69) is 21.0 Å². The first-order valence-corrected chi connectivity index (χ1v) is 7.30. The summed E-state index contributed by atoms with van der Waals surface area (Å²) in [5.41, 5.74) is 2.98. The van der Waals surface area contributed by atoms with Gasteiger partial charge in [-0.15, -0.1) is 0 Å². The third-order valence-corrected chi connectivity index (χ3v) is 4.08. The van der Waals surface area contributed by atoms with E-state index in [-0.39, 0.29) is 0 Å². The number of aromatic nitrogens is 4. The largest absolute Gasteiger partial charge is 0.252 e. The Morgan fingerprint density at radius 3 is 2.86 bits per heavy atom. The zero-order chi connectivity index (χ0) is 14.4. The summed E-state index contributed by atoms with van der Waals surface area (Å²) < 4.78 is 0. The normalized spacial score (nSPS) is 20.7. The molecule has 0 N–H and O–H groups in total. The van der Waals surface area contributed by atoms with Crippen molar-refractivity contribution in [3.8, 4) is 0 Å². The van der Waals surface area contributed by atoms with E-state index in [1.165, 1.54) is 0 Å². The van der Waals surface area contributed by atoms with Crippen LogP contribution in [0, 0.1) is 6.92 Å². The number of aryl methyl sites for hydroxylation is 1. The number of nitrogens with zero attached hydrogens (tertiary/aromatic N) is 4. The summed E-state index contributed by atoms with van der Waals surface area (Å²) in [6.45, 7) is 1.99. The molecule has 0 aliphatic heterocycles. The maximum atomic E-state index is 5.94. The van der Waals surface area contributed by atoms with Crippen LogP contribution in [-0.4, -0.2) is 19.9 Å². The Morgan fingerprint density at radius 1 is 1.10 bits per heavy atom. The van der Waals surface area contributed by atoms with Crippen LogP contribution in [0.1, 0.15) is 35.5 Å². The van der Waals surface area contributed by atoms with Gasteiger partial charge in [-0.3, -0.25) is 4.98 Å². The van der Waals surface area contributed by atoms with E-state index in [1.54, 1.807) is 12.3 Å². The van der Waals surface area contributed by atoms with Crippen molar-refractivity contribution < 1.29 is 0 Å². The zero-order valence-electron chi connectivity index (χ0n) is 11.5. The molecule has 0 unspecified atom stereocenters. The van der Waals surface area contributed by atoms with Crippen LogP contribution >= 0.6 is 11.6 Å². The number of hydrogen-bond acceptors (Lipinski definition) is 4. The molecule has 3 heterocycles. The number of rotatable bonds is 2. The van der Waals surface area contributed by atoms with E-state index < -0.39 is 0 Å². The smallest absolute Gasteiger partial charge is 0.132 e. The second-order valence-corrected chi connectivity index (χ2v) is 5.83. The summed E-state index contributed by atoms with van der Waals surface area (Å²) >= 11 is 5.94. The summed E-state index contributed by atoms with van der Waals surface area (Å²) in [5.74, 6) is 1.71. The standard InChI is InChI=1S/C16H13ClN4/c1-9-4-5-18-16(20-9)12-6-11(12)13-3-2-10-8-19-15(17)7-14(10)21-13/h2-5,7-8,11-12H,6H2,1H3/t11-,12-/m0/s1. The molecule has 3 aromatic rings. The van der Waals surface area contributed by atoms with Gasteiger partial charge in [0.1, 0.15) is 11.0 Å². The second kappa shape index (κ2) is 4.74. The number of pyridine rings is 2. The van der Waals surface area contributed by atoms with E-state index in [9.17, 15) is 0 Å². The predicted octanol–water partition coefficient (Wildman–Crippen LogP) is 3.65. The van der Waals surface area contributed by atoms with Gasteiger partial charge in [0, 0.05) is 47.1 Å². The van der Waals surface area contributed by atoms with Crippen molar-refractivity contribution in [2.75, 3.05) is 0 Å². The van der Waals surface area contributed by atoms with E-state index in [4.69, 9.17) is 16.6 Å². The summed E-state index contributed by atoms with van der Waals surface area (Å²) in [4.78, 5) is 17.7. The molecular formula is C16H13ClN4. The summed E-state index contributed by atoms with van der Waals surface area (Å²) in [7, 11) is 0. The van der Waals surface area contributed by atoms with E-state index in [0.717, 1.165) is 34.5 Å². The van der Waals surface area contributed by atoms with Crippen molar-refractivity contribution in [1.29, 1.82) is 0 Å². The van der Waals surface area contributed by atoms with Crippen LogP contribution in [0.3, 0.4) is 0 Å². The molecule has 1 aliphatic rings. The van der Waals surface area contributed by atoms with Crippen LogP contribution in [0.2, 0.25) is 5.15 Å². The highest BCUT2D eigenvalue weighted by atomic mass is 35.5. The Balaban J connectivity index is 1.66. The summed E-state index contributed by atoms with van der Waals surface area (Å²) in [6.07, 6.45) is 4.63. The molecule has 0 bridgehead atoms. The van der Waals surface area contributed by atoms with Gasteiger partial charge < -0.3 is 0 Å². The molecule has 21 heavy (non-hydrogen) atoms. The van der Waals surface area contributed by atoms with Crippen LogP contribution in [0.5, 0.6) is 0 Å². The van der Waals surface area contributed by atoms with Gasteiger partial charge in [0.05, 0.1) is 5.52 Å². The molecule has 0 saturated heterocycles. The average Bonchev–Trinajstić information content (AvgIpc) is 3.27. The van der Waals surface area contributed by atoms with Gasteiger partial charge in [-0.1, -0.05) is 11.6 Å². The Bertz CT molecular complexity index is 833. The van der Waals surface area contributed by atoms with Crippen molar-refractivity contribution in [2.45, 2.75) is 25.2 Å². The minimum atomic E-state index is 0.382. The first-order valence-electron chi connectivity index (χ1n) is 6.92. The van der Waals surface area contributed by atoms with Gasteiger partial charge in [-0.25, -0.2) is 15.0 Å². The van der Waals surface area contributed by atoms with E-state index in [0.29, 0.717) is 17.0 Å². The molecule has 0 amide bonds. The molecule has 0 aromatic carbocycles. The lowest BCUT2D eigenvalue weighted by Gasteiger charge is -2.03. The van der Waals surface area contributed by atoms with Gasteiger partial charge in [0.25, 0.3) is 0 Å². The quantitative estimate of drug-likeness (QED) is 0.677. The van der Waals surface area contributed by atoms with Crippen molar-refractivity contribution >= 4 is 22.5 Å². The highest BCUT2D eigenvalue weighted by molar-refractivity contribution is 6.29. The molecule has 1 saturated carbocycles. The van der Waals surface area contributed by atoms with Crippen LogP contribution in [-0.2, 0) is 0 Å². The molecular weight excluding hydrogens is 284 g/mol. The van der Waals surface area contributed by atoms with Crippen LogP contribution in [0.25, 0.3) is 10.9 Å². The van der Waals surface area contributed by atoms with Gasteiger partial charge in [-0.2, -0.15) is 0 Å². The molecule has 1 aliphatic carbocycles. The Kier molecular flexibility index (Phi) is 2.86. The maximum Gasteiger partial charge on any atom is 0.132 e. The maximum absolute atomic E-state index is 5.94. The molecule has 1 fully saturated rings. The first-order chi connectivity index (χ1) is 10.2. The van der Waals surface area contributed by atoms with E-state index in [1.807, 2.05) is 25.3 Å². The minimum Gasteiger partial charge on any atom is -0.252 e. The predicted molar refractivity (Wildman–Crippen MR) is 81.4 cm³/mol. The monoisotopic (exact) mass is 296 g/mol. The summed E-state index contributed by atoms with van der Waals surface area (Å²) in [6, 6.07) is 7.84. The van der Waals surface area contributed by atoms with Crippen LogP contribution in [0.4, 0.5) is 0 Å². The average molecular weight is 297 g/mol. The third kappa shape index (κ3) is 2.36. The number of hydrogen-bond donors (Lipinski definition) is 0. The highest BCUT2D eigenvalue weighted by Gasteiger charge is 2.42. The molecule has 2 atom stereocenters. The molecule has 5 heteroatoms. The lowest BCUT2D eigenvalue weighted by Crippen LogP contribution is -1.96. The number of halogens is 1. The Hall–Kier alpha value is -2.07. The van der Waals surface area contributed by atoms with Gasteiger partial charge >= 0.3 is 0 Å². The van der Waals surface area contributed by atoms with Crippen molar-refractivity contribution in [2.24, 2.45) is 0 Å². The topological polar surface area (TPSA) is 51.6 Å². The molecule has 4 rings (SSSR count). The molecule has 4 nitrogen and oxygen atoms in total. The van der Waals surface area contributed by atoms with Gasteiger partial charge in [-0.05, 0) is 31.5 Å². The fourth-order valence-electron chi connectivity index (χ4n) is 2.67. The molecule has 104 valence electrons. The Morgan fingerprint density at radius 2 is 2.00 bits per heavy atom. The van der Waals surface area contributed by atoms with Crippen molar-refractivity contribution in [3.05, 3.63) is 59.0 Å².